The van der Waals surface area contributed by atoms with Crippen LogP contribution in [0.4, 0.5) is 0 Å². The number of benzene rings is 1. The summed E-state index contributed by atoms with van der Waals surface area (Å²) in [6, 6.07) is 5.61. The number of nitrogens with zero attached hydrogens (tertiary/aromatic N) is 2. The van der Waals surface area contributed by atoms with Gasteiger partial charge in [-0.15, -0.1) is 11.3 Å². The molecule has 3 rings (SSSR count). The second-order valence-electron chi connectivity index (χ2n) is 7.43. The lowest BCUT2D eigenvalue weighted by Gasteiger charge is -2.17. The highest BCUT2D eigenvalue weighted by molar-refractivity contribution is 7.18. The first-order valence-corrected chi connectivity index (χ1v) is 11.0. The first-order chi connectivity index (χ1) is 13.3. The molecule has 1 aromatic carbocycles. The van der Waals surface area contributed by atoms with Crippen molar-refractivity contribution < 1.29 is 0 Å². The lowest BCUT2D eigenvalue weighted by molar-refractivity contribution is 0.311. The molecular formula is C21H25Cl2N3OS. The number of rotatable bonds is 7. The summed E-state index contributed by atoms with van der Waals surface area (Å²) in [6.45, 7) is 7.61. The monoisotopic (exact) mass is 437 g/mol. The van der Waals surface area contributed by atoms with Gasteiger partial charge in [-0.3, -0.25) is 9.69 Å². The minimum absolute atomic E-state index is 0.0446. The SMILES string of the molecule is CC[C@H](C)Cc1c(C)sc2nc(CN(C)Cc3cccc(Cl)c3Cl)[nH]c(=O)c12. The van der Waals surface area contributed by atoms with Crippen LogP contribution in [0.15, 0.2) is 23.0 Å². The molecule has 2 heterocycles. The third kappa shape index (κ3) is 4.60. The summed E-state index contributed by atoms with van der Waals surface area (Å²) in [4.78, 5) is 24.6. The number of hydrogen-bond donors (Lipinski definition) is 1. The zero-order valence-corrected chi connectivity index (χ0v) is 18.9. The van der Waals surface area contributed by atoms with Crippen molar-refractivity contribution in [2.75, 3.05) is 7.05 Å². The summed E-state index contributed by atoms with van der Waals surface area (Å²) < 4.78 is 0. The predicted octanol–water partition coefficient (Wildman–Crippen LogP) is 5.82. The van der Waals surface area contributed by atoms with Crippen molar-refractivity contribution in [3.05, 3.63) is 60.4 Å². The van der Waals surface area contributed by atoms with E-state index in [2.05, 4.69) is 30.7 Å². The van der Waals surface area contributed by atoms with E-state index in [1.54, 1.807) is 17.4 Å². The van der Waals surface area contributed by atoms with E-state index in [1.807, 2.05) is 19.2 Å². The first kappa shape index (κ1) is 21.3. The number of H-pyrrole nitrogens is 1. The molecular weight excluding hydrogens is 413 g/mol. The van der Waals surface area contributed by atoms with Crippen LogP contribution in [0.1, 0.15) is 42.1 Å². The summed E-state index contributed by atoms with van der Waals surface area (Å²) in [5, 5.41) is 1.87. The number of aromatic amines is 1. The molecule has 0 saturated heterocycles. The minimum Gasteiger partial charge on any atom is -0.309 e. The molecule has 0 unspecified atom stereocenters. The Morgan fingerprint density at radius 3 is 2.75 bits per heavy atom. The average Bonchev–Trinajstić information content (AvgIpc) is 2.94. The Balaban J connectivity index is 1.84. The van der Waals surface area contributed by atoms with Gasteiger partial charge < -0.3 is 4.98 Å². The van der Waals surface area contributed by atoms with E-state index in [0.29, 0.717) is 34.9 Å². The van der Waals surface area contributed by atoms with E-state index in [4.69, 9.17) is 28.2 Å². The van der Waals surface area contributed by atoms with Crippen molar-refractivity contribution in [3.8, 4) is 0 Å². The second-order valence-corrected chi connectivity index (χ2v) is 9.42. The predicted molar refractivity (Wildman–Crippen MR) is 120 cm³/mol. The summed E-state index contributed by atoms with van der Waals surface area (Å²) >= 11 is 14.0. The van der Waals surface area contributed by atoms with Gasteiger partial charge >= 0.3 is 0 Å². The van der Waals surface area contributed by atoms with Crippen molar-refractivity contribution >= 4 is 44.8 Å². The molecule has 4 nitrogen and oxygen atoms in total. The fourth-order valence-corrected chi connectivity index (χ4v) is 4.76. The van der Waals surface area contributed by atoms with Crippen LogP contribution in [0.25, 0.3) is 10.2 Å². The van der Waals surface area contributed by atoms with Gasteiger partial charge in [0.15, 0.2) is 0 Å². The van der Waals surface area contributed by atoms with Gasteiger partial charge in [-0.2, -0.15) is 0 Å². The van der Waals surface area contributed by atoms with E-state index in [1.165, 1.54) is 4.88 Å². The van der Waals surface area contributed by atoms with Crippen molar-refractivity contribution in [2.24, 2.45) is 5.92 Å². The zero-order chi connectivity index (χ0) is 20.4. The van der Waals surface area contributed by atoms with Crippen LogP contribution in [-0.4, -0.2) is 21.9 Å². The maximum absolute atomic E-state index is 12.8. The Hall–Kier alpha value is -1.40. The average molecular weight is 438 g/mol. The quantitative estimate of drug-likeness (QED) is 0.506. The molecule has 0 aliphatic heterocycles. The van der Waals surface area contributed by atoms with E-state index in [0.717, 1.165) is 34.2 Å². The zero-order valence-electron chi connectivity index (χ0n) is 16.6. The van der Waals surface area contributed by atoms with Crippen LogP contribution < -0.4 is 5.56 Å². The summed E-state index contributed by atoms with van der Waals surface area (Å²) in [7, 11) is 1.97. The number of thiophene rings is 1. The number of aryl methyl sites for hydroxylation is 1. The number of fused-ring (bicyclic) bond motifs is 1. The number of aromatic nitrogens is 2. The van der Waals surface area contributed by atoms with Gasteiger partial charge in [-0.1, -0.05) is 55.6 Å². The van der Waals surface area contributed by atoms with Crippen LogP contribution in [0.2, 0.25) is 10.0 Å². The smallest absolute Gasteiger partial charge is 0.259 e. The molecule has 3 aromatic rings. The normalized spacial score (nSPS) is 12.8. The molecule has 0 saturated carbocycles. The number of halogens is 2. The maximum atomic E-state index is 12.8. The Kier molecular flexibility index (Phi) is 6.81. The molecule has 0 fully saturated rings. The number of nitrogens with one attached hydrogen (secondary N) is 1. The van der Waals surface area contributed by atoms with Gasteiger partial charge in [0, 0.05) is 11.4 Å². The fraction of sp³-hybridized carbons (Fsp3) is 0.429. The maximum Gasteiger partial charge on any atom is 0.259 e. The van der Waals surface area contributed by atoms with Crippen molar-refractivity contribution in [3.63, 3.8) is 0 Å². The molecule has 7 heteroatoms. The molecule has 2 aromatic heterocycles. The second kappa shape index (κ2) is 8.95. The molecule has 0 aliphatic carbocycles. The lowest BCUT2D eigenvalue weighted by atomic mass is 9.98. The highest BCUT2D eigenvalue weighted by atomic mass is 35.5. The fourth-order valence-electron chi connectivity index (χ4n) is 3.31. The summed E-state index contributed by atoms with van der Waals surface area (Å²) in [5.41, 5.74) is 2.05. The highest BCUT2D eigenvalue weighted by Crippen LogP contribution is 2.30. The Morgan fingerprint density at radius 2 is 2.04 bits per heavy atom. The third-order valence-electron chi connectivity index (χ3n) is 5.05. The molecule has 0 aliphatic rings. The van der Waals surface area contributed by atoms with Crippen LogP contribution >= 0.6 is 34.5 Å². The van der Waals surface area contributed by atoms with E-state index >= 15 is 0 Å². The van der Waals surface area contributed by atoms with E-state index < -0.39 is 0 Å². The van der Waals surface area contributed by atoms with Crippen LogP contribution in [-0.2, 0) is 19.5 Å². The van der Waals surface area contributed by atoms with Crippen LogP contribution in [0.5, 0.6) is 0 Å². The Bertz CT molecular complexity index is 1040. The highest BCUT2D eigenvalue weighted by Gasteiger charge is 2.17. The standard InChI is InChI=1S/C21H25Cl2N3OS/c1-5-12(2)9-15-13(3)28-21-18(15)20(27)24-17(25-21)11-26(4)10-14-7-6-8-16(22)19(14)23/h6-8,12H,5,9-11H2,1-4H3,(H,24,25,27)/t12-/m0/s1. The van der Waals surface area contributed by atoms with Gasteiger partial charge in [-0.05, 0) is 43.5 Å². The van der Waals surface area contributed by atoms with Crippen LogP contribution in [0.3, 0.4) is 0 Å². The van der Waals surface area contributed by atoms with E-state index in [-0.39, 0.29) is 5.56 Å². The van der Waals surface area contributed by atoms with Crippen molar-refractivity contribution in [1.82, 2.24) is 14.9 Å². The minimum atomic E-state index is -0.0446. The van der Waals surface area contributed by atoms with Crippen molar-refractivity contribution in [1.29, 1.82) is 0 Å². The molecule has 1 N–H and O–H groups in total. The van der Waals surface area contributed by atoms with E-state index in [9.17, 15) is 4.79 Å². The molecule has 0 amide bonds. The van der Waals surface area contributed by atoms with Gasteiger partial charge in [0.1, 0.15) is 10.7 Å². The van der Waals surface area contributed by atoms with Crippen molar-refractivity contribution in [2.45, 2.75) is 46.7 Å². The first-order valence-electron chi connectivity index (χ1n) is 9.42. The largest absolute Gasteiger partial charge is 0.309 e. The Labute approximate surface area is 179 Å². The molecule has 28 heavy (non-hydrogen) atoms. The summed E-state index contributed by atoms with van der Waals surface area (Å²) in [5.74, 6) is 1.21. The molecule has 1 atom stereocenters. The van der Waals surface area contributed by atoms with Gasteiger partial charge in [0.05, 0.1) is 22.0 Å². The van der Waals surface area contributed by atoms with Gasteiger partial charge in [0.2, 0.25) is 0 Å². The Morgan fingerprint density at radius 1 is 1.29 bits per heavy atom. The van der Waals surface area contributed by atoms with Gasteiger partial charge in [0.25, 0.3) is 5.56 Å². The molecule has 0 spiro atoms. The molecule has 0 bridgehead atoms. The molecule has 150 valence electrons. The lowest BCUT2D eigenvalue weighted by Crippen LogP contribution is -2.22. The van der Waals surface area contributed by atoms with Crippen LogP contribution in [0, 0.1) is 12.8 Å². The summed E-state index contributed by atoms with van der Waals surface area (Å²) in [6.07, 6.45) is 2.01. The topological polar surface area (TPSA) is 49.0 Å². The third-order valence-corrected chi connectivity index (χ3v) is 6.95. The van der Waals surface area contributed by atoms with Gasteiger partial charge in [-0.25, -0.2) is 4.98 Å². The number of hydrogen-bond acceptors (Lipinski definition) is 4. The molecule has 0 radical (unpaired) electrons.